The summed E-state index contributed by atoms with van der Waals surface area (Å²) in [7, 11) is 0. The van der Waals surface area contributed by atoms with Crippen LogP contribution in [0.15, 0.2) is 158 Å². The van der Waals surface area contributed by atoms with E-state index in [0.29, 0.717) is 0 Å². The molecule has 0 bridgehead atoms. The van der Waals surface area contributed by atoms with Crippen LogP contribution in [0.4, 0.5) is 0 Å². The van der Waals surface area contributed by atoms with Gasteiger partial charge in [0.1, 0.15) is 0 Å². The zero-order valence-electron chi connectivity index (χ0n) is 23.9. The van der Waals surface area contributed by atoms with Gasteiger partial charge in [-0.1, -0.05) is 140 Å². The molecule has 9 rings (SSSR count). The topological polar surface area (TPSA) is 25.8 Å². The van der Waals surface area contributed by atoms with Crippen LogP contribution < -0.4 is 0 Å². The van der Waals surface area contributed by atoms with E-state index in [2.05, 4.69) is 151 Å². The average Bonchev–Trinajstić information content (AvgIpc) is 3.10. The highest BCUT2D eigenvalue weighted by atomic mass is 14.8. The van der Waals surface area contributed by atoms with E-state index in [1.165, 1.54) is 54.6 Å². The van der Waals surface area contributed by atoms with E-state index in [-0.39, 0.29) is 0 Å². The lowest BCUT2D eigenvalue weighted by molar-refractivity contribution is 1.37. The second kappa shape index (κ2) is 9.86. The summed E-state index contributed by atoms with van der Waals surface area (Å²) >= 11 is 0. The number of benzene rings is 7. The molecule has 2 heteroatoms. The SMILES string of the molecule is c1ccc(-c2c3ccccc3c(-c3ccc(-c4ccc5ccc6cccnc6c5n4)c4ccccc34)c3ccccc23)cc1. The van der Waals surface area contributed by atoms with E-state index in [0.717, 1.165) is 33.1 Å². The summed E-state index contributed by atoms with van der Waals surface area (Å²) in [6.07, 6.45) is 1.85. The van der Waals surface area contributed by atoms with Gasteiger partial charge in [-0.05, 0) is 66.7 Å². The summed E-state index contributed by atoms with van der Waals surface area (Å²) in [4.78, 5) is 9.89. The van der Waals surface area contributed by atoms with E-state index in [1.54, 1.807) is 0 Å². The van der Waals surface area contributed by atoms with E-state index in [9.17, 15) is 0 Å². The summed E-state index contributed by atoms with van der Waals surface area (Å²) < 4.78 is 0. The van der Waals surface area contributed by atoms with Crippen LogP contribution in [-0.4, -0.2) is 9.97 Å². The summed E-state index contributed by atoms with van der Waals surface area (Å²) in [5.74, 6) is 0. The first-order valence-corrected chi connectivity index (χ1v) is 15.0. The molecule has 0 unspecified atom stereocenters. The highest BCUT2D eigenvalue weighted by molar-refractivity contribution is 6.24. The molecule has 0 aliphatic carbocycles. The third-order valence-corrected chi connectivity index (χ3v) is 8.90. The summed E-state index contributed by atoms with van der Waals surface area (Å²) in [6, 6.07) is 54.4. The number of hydrogen-bond acceptors (Lipinski definition) is 2. The molecule has 0 aliphatic rings. The smallest absolute Gasteiger partial charge is 0.0972 e. The molecule has 0 amide bonds. The Labute approximate surface area is 254 Å². The van der Waals surface area contributed by atoms with Crippen LogP contribution in [0.3, 0.4) is 0 Å². The van der Waals surface area contributed by atoms with Crippen LogP contribution >= 0.6 is 0 Å². The largest absolute Gasteiger partial charge is 0.254 e. The quantitative estimate of drug-likeness (QED) is 0.159. The molecule has 0 aliphatic heterocycles. The summed E-state index contributed by atoms with van der Waals surface area (Å²) in [6.45, 7) is 0. The Hall–Kier alpha value is -5.86. The molecule has 2 heterocycles. The Balaban J connectivity index is 1.34. The fourth-order valence-electron chi connectivity index (χ4n) is 6.95. The molecule has 0 radical (unpaired) electrons. The molecule has 0 fully saturated rings. The molecule has 44 heavy (non-hydrogen) atoms. The predicted molar refractivity (Wildman–Crippen MR) is 186 cm³/mol. The van der Waals surface area contributed by atoms with Crippen LogP contribution in [0, 0.1) is 0 Å². The Kier molecular flexibility index (Phi) is 5.54. The van der Waals surface area contributed by atoms with Crippen LogP contribution in [0.25, 0.3) is 87.6 Å². The van der Waals surface area contributed by atoms with Gasteiger partial charge < -0.3 is 0 Å². The van der Waals surface area contributed by atoms with E-state index >= 15 is 0 Å². The highest BCUT2D eigenvalue weighted by Crippen LogP contribution is 2.46. The van der Waals surface area contributed by atoms with Crippen molar-refractivity contribution >= 4 is 54.1 Å². The lowest BCUT2D eigenvalue weighted by Crippen LogP contribution is -1.93. The molecule has 2 nitrogen and oxygen atoms in total. The molecule has 9 aromatic rings. The molecular weight excluding hydrogens is 532 g/mol. The van der Waals surface area contributed by atoms with Gasteiger partial charge in [0.15, 0.2) is 0 Å². The molecule has 0 saturated carbocycles. The number of aromatic nitrogens is 2. The van der Waals surface area contributed by atoms with Crippen molar-refractivity contribution in [3.63, 3.8) is 0 Å². The van der Waals surface area contributed by atoms with Gasteiger partial charge in [-0.2, -0.15) is 0 Å². The minimum Gasteiger partial charge on any atom is -0.254 e. The van der Waals surface area contributed by atoms with Crippen LogP contribution in [-0.2, 0) is 0 Å². The second-order valence-electron chi connectivity index (χ2n) is 11.3. The fraction of sp³-hybridized carbons (Fsp3) is 0. The van der Waals surface area contributed by atoms with Gasteiger partial charge >= 0.3 is 0 Å². The van der Waals surface area contributed by atoms with Crippen molar-refractivity contribution in [2.75, 3.05) is 0 Å². The van der Waals surface area contributed by atoms with Gasteiger partial charge in [0.05, 0.1) is 16.7 Å². The molecular formula is C42H26N2. The Morgan fingerprint density at radius 2 is 0.864 bits per heavy atom. The molecule has 7 aromatic carbocycles. The first kappa shape index (κ1) is 24.7. The lowest BCUT2D eigenvalue weighted by Gasteiger charge is -2.19. The van der Waals surface area contributed by atoms with Crippen LogP contribution in [0.2, 0.25) is 0 Å². The molecule has 204 valence electrons. The molecule has 0 atom stereocenters. The number of hydrogen-bond donors (Lipinski definition) is 0. The third-order valence-electron chi connectivity index (χ3n) is 8.90. The van der Waals surface area contributed by atoms with Crippen molar-refractivity contribution in [3.05, 3.63) is 158 Å². The number of fused-ring (bicyclic) bond motifs is 6. The summed E-state index contributed by atoms with van der Waals surface area (Å²) in [5.41, 5.74) is 8.94. The van der Waals surface area contributed by atoms with Crippen molar-refractivity contribution in [3.8, 4) is 33.5 Å². The number of rotatable bonds is 3. The maximum Gasteiger partial charge on any atom is 0.0972 e. The zero-order chi connectivity index (χ0) is 29.0. The van der Waals surface area contributed by atoms with Crippen molar-refractivity contribution in [1.82, 2.24) is 9.97 Å². The van der Waals surface area contributed by atoms with Gasteiger partial charge in [0, 0.05) is 22.5 Å². The first-order chi connectivity index (χ1) is 21.8. The van der Waals surface area contributed by atoms with Gasteiger partial charge in [0.2, 0.25) is 0 Å². The normalized spacial score (nSPS) is 11.6. The third kappa shape index (κ3) is 3.75. The molecule has 2 aromatic heterocycles. The van der Waals surface area contributed by atoms with Gasteiger partial charge in [0.25, 0.3) is 0 Å². The Morgan fingerprint density at radius 1 is 0.341 bits per heavy atom. The van der Waals surface area contributed by atoms with Crippen molar-refractivity contribution < 1.29 is 0 Å². The number of pyridine rings is 2. The predicted octanol–water partition coefficient (Wildman–Crippen LogP) is 11.2. The van der Waals surface area contributed by atoms with E-state index < -0.39 is 0 Å². The maximum atomic E-state index is 5.21. The minimum atomic E-state index is 0.933. The molecule has 0 N–H and O–H groups in total. The standard InChI is InChI=1S/C42H26N2/c1-2-11-27(12-3-1)39-33-16-6-8-18-35(33)40(36-19-9-7-17-34(36)39)37-24-23-32(30-14-4-5-15-31(30)37)38-25-22-29-21-20-28-13-10-26-43-41(28)42(29)44-38/h1-26H. The number of nitrogens with zero attached hydrogens (tertiary/aromatic N) is 2. The van der Waals surface area contributed by atoms with Crippen LogP contribution in [0.1, 0.15) is 0 Å². The van der Waals surface area contributed by atoms with Gasteiger partial charge in [-0.3, -0.25) is 4.98 Å². The van der Waals surface area contributed by atoms with Crippen molar-refractivity contribution in [2.45, 2.75) is 0 Å². The monoisotopic (exact) mass is 558 g/mol. The van der Waals surface area contributed by atoms with Crippen LogP contribution in [0.5, 0.6) is 0 Å². The molecule has 0 saturated heterocycles. The Bertz CT molecular complexity index is 2490. The molecule has 0 spiro atoms. The maximum absolute atomic E-state index is 5.21. The highest BCUT2D eigenvalue weighted by Gasteiger charge is 2.19. The van der Waals surface area contributed by atoms with Gasteiger partial charge in [-0.25, -0.2) is 4.98 Å². The van der Waals surface area contributed by atoms with Crippen molar-refractivity contribution in [2.24, 2.45) is 0 Å². The minimum absolute atomic E-state index is 0.933. The van der Waals surface area contributed by atoms with E-state index in [4.69, 9.17) is 4.98 Å². The second-order valence-corrected chi connectivity index (χ2v) is 11.3. The summed E-state index contributed by atoms with van der Waals surface area (Å²) in [5, 5.41) is 9.62. The average molecular weight is 559 g/mol. The lowest BCUT2D eigenvalue weighted by atomic mass is 9.84. The Morgan fingerprint density at radius 3 is 1.55 bits per heavy atom. The van der Waals surface area contributed by atoms with E-state index in [1.807, 2.05) is 12.3 Å². The fourth-order valence-corrected chi connectivity index (χ4v) is 6.95. The zero-order valence-corrected chi connectivity index (χ0v) is 23.9. The van der Waals surface area contributed by atoms with Crippen molar-refractivity contribution in [1.29, 1.82) is 0 Å². The first-order valence-electron chi connectivity index (χ1n) is 15.0. The van der Waals surface area contributed by atoms with Gasteiger partial charge in [-0.15, -0.1) is 0 Å².